The molecule has 3 heterocycles. The van der Waals surface area contributed by atoms with Gasteiger partial charge in [-0.05, 0) is 49.4 Å². The molecule has 6 nitrogen and oxygen atoms in total. The molecule has 0 atom stereocenters. The lowest BCUT2D eigenvalue weighted by Crippen LogP contribution is -2.47. The summed E-state index contributed by atoms with van der Waals surface area (Å²) in [5.41, 5.74) is 4.84. The Balaban J connectivity index is 1.46. The van der Waals surface area contributed by atoms with Gasteiger partial charge in [-0.25, -0.2) is 4.98 Å². The van der Waals surface area contributed by atoms with Crippen LogP contribution < -0.4 is 20.5 Å². The number of anilines is 4. The Bertz CT molecular complexity index is 1580. The molecule has 1 saturated heterocycles. The number of benzene rings is 3. The number of nitrogens with one attached hydrogen (secondary N) is 1. The van der Waals surface area contributed by atoms with E-state index in [1.165, 1.54) is 5.69 Å². The lowest BCUT2D eigenvalue weighted by atomic mass is 10.1. The third kappa shape index (κ3) is 4.54. The fourth-order valence-electron chi connectivity index (χ4n) is 5.10. The second kappa shape index (κ2) is 9.82. The molecule has 6 heteroatoms. The van der Waals surface area contributed by atoms with Gasteiger partial charge in [0.1, 0.15) is 11.6 Å². The SMILES string of the molecule is Cc1cc2c(c(N3CCN(c4ccccc4)CC3)n1)c(=O)cc(Nc1ccccc1)n2-c1ccccc1. The molecule has 0 unspecified atom stereocenters. The number of aryl methyl sites for hydroxylation is 1. The van der Waals surface area contributed by atoms with Crippen LogP contribution in [0.25, 0.3) is 16.6 Å². The normalized spacial score (nSPS) is 13.6. The van der Waals surface area contributed by atoms with Crippen molar-refractivity contribution in [2.75, 3.05) is 41.3 Å². The Morgan fingerprint density at radius 3 is 1.92 bits per heavy atom. The number of pyridine rings is 2. The third-order valence-corrected chi connectivity index (χ3v) is 6.86. The Morgan fingerprint density at radius 2 is 1.27 bits per heavy atom. The molecule has 2 aromatic heterocycles. The average Bonchev–Trinajstić information content (AvgIpc) is 2.94. The number of hydrogen-bond donors (Lipinski definition) is 1. The van der Waals surface area contributed by atoms with E-state index in [2.05, 4.69) is 56.1 Å². The van der Waals surface area contributed by atoms with Crippen molar-refractivity contribution < 1.29 is 0 Å². The van der Waals surface area contributed by atoms with Crippen molar-refractivity contribution in [2.45, 2.75) is 6.92 Å². The van der Waals surface area contributed by atoms with Gasteiger partial charge < -0.3 is 15.1 Å². The van der Waals surface area contributed by atoms with Gasteiger partial charge in [0.25, 0.3) is 0 Å². The van der Waals surface area contributed by atoms with Crippen LogP contribution in [0.4, 0.5) is 23.0 Å². The van der Waals surface area contributed by atoms with Crippen molar-refractivity contribution in [3.05, 3.63) is 119 Å². The smallest absolute Gasteiger partial charge is 0.195 e. The summed E-state index contributed by atoms with van der Waals surface area (Å²) in [6, 6.07) is 34.3. The second-order valence-electron chi connectivity index (χ2n) is 9.35. The van der Waals surface area contributed by atoms with Gasteiger partial charge in [0.15, 0.2) is 5.43 Å². The molecule has 0 bridgehead atoms. The number of fused-ring (bicyclic) bond motifs is 1. The number of rotatable bonds is 5. The van der Waals surface area contributed by atoms with E-state index < -0.39 is 0 Å². The van der Waals surface area contributed by atoms with E-state index in [4.69, 9.17) is 4.98 Å². The fourth-order valence-corrected chi connectivity index (χ4v) is 5.10. The van der Waals surface area contributed by atoms with E-state index in [1.807, 2.05) is 67.6 Å². The zero-order valence-corrected chi connectivity index (χ0v) is 20.8. The minimum absolute atomic E-state index is 0.0337. The highest BCUT2D eigenvalue weighted by Crippen LogP contribution is 2.31. The molecular weight excluding hydrogens is 458 g/mol. The zero-order chi connectivity index (χ0) is 25.2. The van der Waals surface area contributed by atoms with Crippen molar-refractivity contribution in [1.29, 1.82) is 0 Å². The van der Waals surface area contributed by atoms with Crippen LogP contribution in [0.2, 0.25) is 0 Å². The minimum atomic E-state index is -0.0337. The summed E-state index contributed by atoms with van der Waals surface area (Å²) in [6.45, 7) is 5.36. The Labute approximate surface area is 216 Å². The van der Waals surface area contributed by atoms with Crippen LogP contribution in [-0.2, 0) is 0 Å². The van der Waals surface area contributed by atoms with Crippen LogP contribution in [0.5, 0.6) is 0 Å². The lowest BCUT2D eigenvalue weighted by Gasteiger charge is -2.37. The third-order valence-electron chi connectivity index (χ3n) is 6.86. The van der Waals surface area contributed by atoms with E-state index >= 15 is 0 Å². The Kier molecular flexibility index (Phi) is 6.06. The topological polar surface area (TPSA) is 53.4 Å². The van der Waals surface area contributed by atoms with Crippen molar-refractivity contribution in [2.24, 2.45) is 0 Å². The van der Waals surface area contributed by atoms with E-state index in [0.29, 0.717) is 5.39 Å². The maximum absolute atomic E-state index is 13.7. The number of para-hydroxylation sites is 3. The largest absolute Gasteiger partial charge is 0.368 e. The van der Waals surface area contributed by atoms with Gasteiger partial charge in [0, 0.05) is 55.0 Å². The molecule has 0 radical (unpaired) electrons. The molecule has 1 aliphatic heterocycles. The Hall–Kier alpha value is -4.58. The summed E-state index contributed by atoms with van der Waals surface area (Å²) in [4.78, 5) is 23.3. The lowest BCUT2D eigenvalue weighted by molar-refractivity contribution is 0.648. The van der Waals surface area contributed by atoms with Crippen molar-refractivity contribution in [3.8, 4) is 5.69 Å². The van der Waals surface area contributed by atoms with E-state index in [1.54, 1.807) is 6.07 Å². The van der Waals surface area contributed by atoms with Gasteiger partial charge in [-0.3, -0.25) is 9.36 Å². The van der Waals surface area contributed by atoms with Crippen molar-refractivity contribution in [3.63, 3.8) is 0 Å². The highest BCUT2D eigenvalue weighted by molar-refractivity contribution is 5.93. The molecule has 1 N–H and O–H groups in total. The molecule has 1 fully saturated rings. The first kappa shape index (κ1) is 22.9. The summed E-state index contributed by atoms with van der Waals surface area (Å²) in [5, 5.41) is 4.12. The van der Waals surface area contributed by atoms with Gasteiger partial charge in [0.05, 0.1) is 10.9 Å². The van der Waals surface area contributed by atoms with Crippen LogP contribution in [-0.4, -0.2) is 35.7 Å². The van der Waals surface area contributed by atoms with Gasteiger partial charge in [-0.15, -0.1) is 0 Å². The van der Waals surface area contributed by atoms with Gasteiger partial charge in [-0.1, -0.05) is 54.6 Å². The molecule has 3 aromatic carbocycles. The van der Waals surface area contributed by atoms with Crippen LogP contribution in [0.3, 0.4) is 0 Å². The number of hydrogen-bond acceptors (Lipinski definition) is 5. The summed E-state index contributed by atoms with van der Waals surface area (Å²) >= 11 is 0. The van der Waals surface area contributed by atoms with Crippen LogP contribution in [0.1, 0.15) is 5.69 Å². The molecule has 0 aliphatic carbocycles. The molecule has 0 amide bonds. The second-order valence-corrected chi connectivity index (χ2v) is 9.35. The van der Waals surface area contributed by atoms with Crippen molar-refractivity contribution in [1.82, 2.24) is 9.55 Å². The molecule has 0 spiro atoms. The molecular formula is C31H29N5O. The van der Waals surface area contributed by atoms with Gasteiger partial charge >= 0.3 is 0 Å². The average molecular weight is 488 g/mol. The number of aromatic nitrogens is 2. The first-order valence-corrected chi connectivity index (χ1v) is 12.7. The van der Waals surface area contributed by atoms with E-state index in [9.17, 15) is 4.79 Å². The molecule has 184 valence electrons. The van der Waals surface area contributed by atoms with Crippen LogP contribution >= 0.6 is 0 Å². The fraction of sp³-hybridized carbons (Fsp3) is 0.161. The maximum Gasteiger partial charge on any atom is 0.195 e. The molecule has 37 heavy (non-hydrogen) atoms. The zero-order valence-electron chi connectivity index (χ0n) is 20.8. The van der Waals surface area contributed by atoms with E-state index in [0.717, 1.165) is 60.4 Å². The highest BCUT2D eigenvalue weighted by atomic mass is 16.1. The molecule has 1 aliphatic rings. The summed E-state index contributed by atoms with van der Waals surface area (Å²) in [6.07, 6.45) is 0. The van der Waals surface area contributed by atoms with Crippen LogP contribution in [0, 0.1) is 6.92 Å². The maximum atomic E-state index is 13.7. The predicted molar refractivity (Wildman–Crippen MR) is 153 cm³/mol. The summed E-state index contributed by atoms with van der Waals surface area (Å²) in [7, 11) is 0. The quantitative estimate of drug-likeness (QED) is 0.341. The number of piperazine rings is 1. The van der Waals surface area contributed by atoms with Gasteiger partial charge in [-0.2, -0.15) is 0 Å². The summed E-state index contributed by atoms with van der Waals surface area (Å²) < 4.78 is 2.13. The molecule has 0 saturated carbocycles. The van der Waals surface area contributed by atoms with Gasteiger partial charge in [0.2, 0.25) is 0 Å². The first-order valence-electron chi connectivity index (χ1n) is 12.7. The summed E-state index contributed by atoms with van der Waals surface area (Å²) in [5.74, 6) is 1.49. The number of nitrogens with zero attached hydrogens (tertiary/aromatic N) is 4. The van der Waals surface area contributed by atoms with Crippen molar-refractivity contribution >= 4 is 33.9 Å². The molecule has 5 aromatic rings. The predicted octanol–water partition coefficient (Wildman–Crippen LogP) is 5.76. The monoisotopic (exact) mass is 487 g/mol. The first-order chi connectivity index (χ1) is 18.2. The van der Waals surface area contributed by atoms with E-state index in [-0.39, 0.29) is 5.43 Å². The Morgan fingerprint density at radius 1 is 0.703 bits per heavy atom. The standard InChI is InChI=1S/C31H29N5O/c1-23-21-27-30(31(32-23)35-19-17-34(18-20-35)25-13-7-3-8-14-25)28(37)22-29(33-24-11-5-2-6-12-24)36(27)26-15-9-4-10-16-26/h2-16,21-22,33H,17-20H2,1H3. The molecule has 6 rings (SSSR count). The minimum Gasteiger partial charge on any atom is -0.368 e. The van der Waals surface area contributed by atoms with Crippen LogP contribution in [0.15, 0.2) is 108 Å². The highest BCUT2D eigenvalue weighted by Gasteiger charge is 2.23.